The van der Waals surface area contributed by atoms with Gasteiger partial charge < -0.3 is 19.9 Å². The zero-order valence-corrected chi connectivity index (χ0v) is 19.8. The Morgan fingerprint density at radius 1 is 1.15 bits per heavy atom. The molecule has 2 heterocycles. The van der Waals surface area contributed by atoms with Gasteiger partial charge in [0, 0.05) is 29.9 Å². The second-order valence-electron chi connectivity index (χ2n) is 9.05. The van der Waals surface area contributed by atoms with E-state index in [1.165, 1.54) is 0 Å². The minimum absolute atomic E-state index is 0.0592. The SMILES string of the molecule is CCOC(=O)C1(Cc2ccccc2)CC([C@@H](NC(=O)Cc2c[nH]c3ccccc23)C(C)C)=NO1. The fourth-order valence-corrected chi connectivity index (χ4v) is 4.44. The first-order chi connectivity index (χ1) is 16.4. The second kappa shape index (κ2) is 10.1. The van der Waals surface area contributed by atoms with Gasteiger partial charge in [0.2, 0.25) is 11.5 Å². The van der Waals surface area contributed by atoms with Crippen LogP contribution in [0.2, 0.25) is 0 Å². The van der Waals surface area contributed by atoms with Crippen molar-refractivity contribution in [1.82, 2.24) is 10.3 Å². The number of rotatable bonds is 9. The van der Waals surface area contributed by atoms with Crippen LogP contribution >= 0.6 is 0 Å². The molecule has 2 atom stereocenters. The third-order valence-corrected chi connectivity index (χ3v) is 6.15. The Hall–Kier alpha value is -3.61. The van der Waals surface area contributed by atoms with Gasteiger partial charge in [-0.2, -0.15) is 0 Å². The normalized spacial score (nSPS) is 18.4. The Kier molecular flexibility index (Phi) is 7.01. The van der Waals surface area contributed by atoms with Gasteiger partial charge in [0.15, 0.2) is 0 Å². The molecule has 1 amide bonds. The molecule has 0 fully saturated rings. The smallest absolute Gasteiger partial charge is 0.354 e. The molecule has 7 heteroatoms. The van der Waals surface area contributed by atoms with E-state index in [0.29, 0.717) is 12.1 Å². The summed E-state index contributed by atoms with van der Waals surface area (Å²) in [5, 5.41) is 8.46. The van der Waals surface area contributed by atoms with Gasteiger partial charge in [0.1, 0.15) is 0 Å². The summed E-state index contributed by atoms with van der Waals surface area (Å²) in [5.41, 5.74) is 2.30. The van der Waals surface area contributed by atoms with E-state index in [1.54, 1.807) is 6.92 Å². The van der Waals surface area contributed by atoms with Crippen LogP contribution in [0, 0.1) is 5.92 Å². The van der Waals surface area contributed by atoms with Crippen molar-refractivity contribution in [2.24, 2.45) is 11.1 Å². The standard InChI is InChI=1S/C27H31N3O4/c1-4-33-26(32)27(15-19-10-6-5-7-11-19)16-23(30-34-27)25(18(2)3)29-24(31)14-20-17-28-22-13-9-8-12-21(20)22/h5-13,17-18,25,28H,4,14-16H2,1-3H3,(H,29,31)/t25-,27?/m0/s1. The van der Waals surface area contributed by atoms with Crippen molar-refractivity contribution < 1.29 is 19.2 Å². The van der Waals surface area contributed by atoms with Gasteiger partial charge in [-0.05, 0) is 30.0 Å². The number of nitrogens with one attached hydrogen (secondary N) is 2. The van der Waals surface area contributed by atoms with Crippen molar-refractivity contribution in [3.8, 4) is 0 Å². The highest BCUT2D eigenvalue weighted by Crippen LogP contribution is 2.32. The molecule has 34 heavy (non-hydrogen) atoms. The van der Waals surface area contributed by atoms with Crippen molar-refractivity contribution in [3.63, 3.8) is 0 Å². The number of ether oxygens (including phenoxy) is 1. The Balaban J connectivity index is 1.50. The predicted molar refractivity (Wildman–Crippen MR) is 131 cm³/mol. The number of nitrogens with zero attached hydrogens (tertiary/aromatic N) is 1. The van der Waals surface area contributed by atoms with Gasteiger partial charge in [-0.15, -0.1) is 0 Å². The van der Waals surface area contributed by atoms with Crippen molar-refractivity contribution in [3.05, 3.63) is 71.9 Å². The summed E-state index contributed by atoms with van der Waals surface area (Å²) >= 11 is 0. The molecular weight excluding hydrogens is 430 g/mol. The lowest BCUT2D eigenvalue weighted by Gasteiger charge is -2.26. The number of benzene rings is 2. The highest BCUT2D eigenvalue weighted by Gasteiger charge is 2.49. The van der Waals surface area contributed by atoms with E-state index in [2.05, 4.69) is 15.5 Å². The van der Waals surface area contributed by atoms with E-state index in [4.69, 9.17) is 9.57 Å². The van der Waals surface area contributed by atoms with E-state index in [1.807, 2.05) is 74.6 Å². The van der Waals surface area contributed by atoms with Crippen molar-refractivity contribution >= 4 is 28.5 Å². The zero-order valence-electron chi connectivity index (χ0n) is 19.8. The average molecular weight is 462 g/mol. The second-order valence-corrected chi connectivity index (χ2v) is 9.05. The summed E-state index contributed by atoms with van der Waals surface area (Å²) in [6.45, 7) is 6.05. The van der Waals surface area contributed by atoms with Gasteiger partial charge in [0.25, 0.3) is 0 Å². The largest absolute Gasteiger partial charge is 0.463 e. The van der Waals surface area contributed by atoms with Crippen LogP contribution in [0.3, 0.4) is 0 Å². The number of amides is 1. The van der Waals surface area contributed by atoms with Crippen LogP contribution in [-0.4, -0.2) is 40.8 Å². The van der Waals surface area contributed by atoms with Crippen LogP contribution in [0.1, 0.15) is 38.3 Å². The van der Waals surface area contributed by atoms with E-state index < -0.39 is 11.6 Å². The summed E-state index contributed by atoms with van der Waals surface area (Å²) in [6.07, 6.45) is 2.72. The third kappa shape index (κ3) is 4.98. The number of H-pyrrole nitrogens is 1. The number of esters is 1. The molecule has 7 nitrogen and oxygen atoms in total. The first-order valence-electron chi connectivity index (χ1n) is 11.7. The summed E-state index contributed by atoms with van der Waals surface area (Å²) < 4.78 is 5.35. The topological polar surface area (TPSA) is 92.8 Å². The lowest BCUT2D eigenvalue weighted by molar-refractivity contribution is -0.168. The summed E-state index contributed by atoms with van der Waals surface area (Å²) in [7, 11) is 0. The molecule has 2 N–H and O–H groups in total. The first-order valence-corrected chi connectivity index (χ1v) is 11.7. The number of para-hydroxylation sites is 1. The molecular formula is C27H31N3O4. The molecule has 2 aromatic carbocycles. The summed E-state index contributed by atoms with van der Waals surface area (Å²) in [4.78, 5) is 35.0. The van der Waals surface area contributed by atoms with Gasteiger partial charge in [-0.1, -0.05) is 67.5 Å². The van der Waals surface area contributed by atoms with Gasteiger partial charge in [-0.25, -0.2) is 4.79 Å². The minimum Gasteiger partial charge on any atom is -0.463 e. The minimum atomic E-state index is -1.23. The lowest BCUT2D eigenvalue weighted by atomic mass is 9.85. The number of carbonyl (C=O) groups is 2. The molecule has 178 valence electrons. The maximum absolute atomic E-state index is 13.0. The Morgan fingerprint density at radius 2 is 1.88 bits per heavy atom. The predicted octanol–water partition coefficient (Wildman–Crippen LogP) is 4.17. The third-order valence-electron chi connectivity index (χ3n) is 6.15. The molecule has 0 saturated carbocycles. The van der Waals surface area contributed by atoms with Crippen molar-refractivity contribution in [1.29, 1.82) is 0 Å². The Bertz CT molecular complexity index is 1180. The first kappa shape index (κ1) is 23.5. The Morgan fingerprint density at radius 3 is 2.62 bits per heavy atom. The average Bonchev–Trinajstić information content (AvgIpc) is 3.43. The lowest BCUT2D eigenvalue weighted by Crippen LogP contribution is -2.48. The van der Waals surface area contributed by atoms with E-state index in [0.717, 1.165) is 22.0 Å². The summed E-state index contributed by atoms with van der Waals surface area (Å²) in [5.74, 6) is -0.489. The molecule has 0 aliphatic carbocycles. The molecule has 0 radical (unpaired) electrons. The van der Waals surface area contributed by atoms with Crippen LogP contribution in [-0.2, 0) is 32.0 Å². The van der Waals surface area contributed by atoms with Gasteiger partial charge >= 0.3 is 5.97 Å². The van der Waals surface area contributed by atoms with E-state index >= 15 is 0 Å². The Labute approximate surface area is 199 Å². The number of hydrogen-bond donors (Lipinski definition) is 2. The number of oxime groups is 1. The van der Waals surface area contributed by atoms with Crippen LogP contribution in [0.4, 0.5) is 0 Å². The molecule has 0 spiro atoms. The van der Waals surface area contributed by atoms with Gasteiger partial charge in [0.05, 0.1) is 24.8 Å². The zero-order chi connectivity index (χ0) is 24.1. The number of aromatic nitrogens is 1. The molecule has 0 bridgehead atoms. The maximum atomic E-state index is 13.0. The van der Waals surface area contributed by atoms with Gasteiger partial charge in [-0.3, -0.25) is 4.79 Å². The molecule has 1 aliphatic rings. The molecule has 1 aliphatic heterocycles. The molecule has 3 aromatic rings. The van der Waals surface area contributed by atoms with Crippen LogP contribution in [0.5, 0.6) is 0 Å². The molecule has 0 saturated heterocycles. The van der Waals surface area contributed by atoms with E-state index in [9.17, 15) is 9.59 Å². The highest BCUT2D eigenvalue weighted by atomic mass is 16.7. The van der Waals surface area contributed by atoms with Crippen LogP contribution in [0.15, 0.2) is 65.9 Å². The maximum Gasteiger partial charge on any atom is 0.354 e. The number of aromatic amines is 1. The quantitative estimate of drug-likeness (QED) is 0.468. The molecule has 1 aromatic heterocycles. The number of carbonyl (C=O) groups excluding carboxylic acids is 2. The fraction of sp³-hybridized carbons (Fsp3) is 0.370. The fourth-order valence-electron chi connectivity index (χ4n) is 4.44. The van der Waals surface area contributed by atoms with Crippen molar-refractivity contribution in [2.45, 2.75) is 51.7 Å². The number of fused-ring (bicyclic) bond motifs is 1. The van der Waals surface area contributed by atoms with Crippen molar-refractivity contribution in [2.75, 3.05) is 6.61 Å². The monoisotopic (exact) mass is 461 g/mol. The van der Waals surface area contributed by atoms with Crippen LogP contribution in [0.25, 0.3) is 10.9 Å². The summed E-state index contributed by atoms with van der Waals surface area (Å²) in [6, 6.07) is 17.2. The van der Waals surface area contributed by atoms with E-state index in [-0.39, 0.29) is 37.3 Å². The molecule has 4 rings (SSSR count). The van der Waals surface area contributed by atoms with Crippen LogP contribution < -0.4 is 5.32 Å². The highest BCUT2D eigenvalue weighted by molar-refractivity contribution is 5.99. The number of hydrogen-bond acceptors (Lipinski definition) is 5. The molecule has 1 unspecified atom stereocenters.